The van der Waals surface area contributed by atoms with Crippen LogP contribution in [0.15, 0.2) is 46.9 Å². The molecule has 0 amide bonds. The maximum atomic E-state index is 13.6. The normalized spacial score (nSPS) is 10.3. The van der Waals surface area contributed by atoms with Crippen LogP contribution < -0.4 is 15.2 Å². The fraction of sp³-hybridized carbons (Fsp3) is 0.100. The highest BCUT2D eigenvalue weighted by Crippen LogP contribution is 2.36. The second kappa shape index (κ2) is 7.64. The van der Waals surface area contributed by atoms with Crippen LogP contribution in [-0.4, -0.2) is 19.2 Å². The molecule has 0 aliphatic heterocycles. The van der Waals surface area contributed by atoms with Gasteiger partial charge >= 0.3 is 0 Å². The first-order chi connectivity index (χ1) is 13.0. The van der Waals surface area contributed by atoms with E-state index in [1.165, 1.54) is 6.07 Å². The summed E-state index contributed by atoms with van der Waals surface area (Å²) in [5, 5.41) is 9.50. The first-order valence-corrected chi connectivity index (χ1v) is 8.66. The Labute approximate surface area is 164 Å². The standard InChI is InChI=1S/C20H15BrFN3O2/c1-26-18-6-4-12(8-19(18)27-2)17-9-13(14(10-23)20(24)25-17)11-3-5-16(22)15(21)7-11/h3-9H,1-2H3,(H2,24,25). The van der Waals surface area contributed by atoms with Gasteiger partial charge in [0.2, 0.25) is 0 Å². The maximum absolute atomic E-state index is 13.6. The number of rotatable bonds is 4. The van der Waals surface area contributed by atoms with E-state index in [4.69, 9.17) is 15.2 Å². The summed E-state index contributed by atoms with van der Waals surface area (Å²) in [5.74, 6) is 0.844. The van der Waals surface area contributed by atoms with Gasteiger partial charge in [0.1, 0.15) is 23.3 Å². The average molecular weight is 428 g/mol. The van der Waals surface area contributed by atoms with E-state index in [-0.39, 0.29) is 17.2 Å². The Kier molecular flexibility index (Phi) is 5.28. The summed E-state index contributed by atoms with van der Waals surface area (Å²) in [6, 6.07) is 13.7. The average Bonchev–Trinajstić information content (AvgIpc) is 2.68. The lowest BCUT2D eigenvalue weighted by Crippen LogP contribution is -2.00. The Morgan fingerprint density at radius 2 is 1.74 bits per heavy atom. The van der Waals surface area contributed by atoms with Crippen LogP contribution in [0.1, 0.15) is 5.56 Å². The van der Waals surface area contributed by atoms with Crippen molar-refractivity contribution in [1.82, 2.24) is 4.98 Å². The zero-order valence-electron chi connectivity index (χ0n) is 14.6. The Bertz CT molecular complexity index is 1060. The van der Waals surface area contributed by atoms with Crippen molar-refractivity contribution in [1.29, 1.82) is 5.26 Å². The smallest absolute Gasteiger partial charge is 0.161 e. The zero-order chi connectivity index (χ0) is 19.6. The third-order valence-corrected chi connectivity index (χ3v) is 4.68. The molecule has 1 heterocycles. The number of nitriles is 1. The van der Waals surface area contributed by atoms with Gasteiger partial charge < -0.3 is 15.2 Å². The molecule has 0 unspecified atom stereocenters. The number of nitrogens with two attached hydrogens (primary N) is 1. The molecular weight excluding hydrogens is 413 g/mol. The van der Waals surface area contributed by atoms with E-state index in [2.05, 4.69) is 27.0 Å². The molecular formula is C20H15BrFN3O2. The van der Waals surface area contributed by atoms with E-state index in [1.807, 2.05) is 6.07 Å². The summed E-state index contributed by atoms with van der Waals surface area (Å²) in [4.78, 5) is 4.34. The number of hydrogen-bond acceptors (Lipinski definition) is 5. The lowest BCUT2D eigenvalue weighted by Gasteiger charge is -2.13. The van der Waals surface area contributed by atoms with Crippen molar-refractivity contribution >= 4 is 21.7 Å². The molecule has 0 atom stereocenters. The van der Waals surface area contributed by atoms with Crippen LogP contribution in [0.25, 0.3) is 22.4 Å². The van der Waals surface area contributed by atoms with Crippen LogP contribution in [0.4, 0.5) is 10.2 Å². The summed E-state index contributed by atoms with van der Waals surface area (Å²) in [6.45, 7) is 0. The molecule has 5 nitrogen and oxygen atoms in total. The lowest BCUT2D eigenvalue weighted by atomic mass is 9.98. The molecule has 2 aromatic carbocycles. The van der Waals surface area contributed by atoms with Crippen LogP contribution in [-0.2, 0) is 0 Å². The van der Waals surface area contributed by atoms with Gasteiger partial charge in [-0.25, -0.2) is 9.37 Å². The molecule has 1 aromatic heterocycles. The second-order valence-corrected chi connectivity index (χ2v) is 6.48. The molecule has 3 aromatic rings. The Morgan fingerprint density at radius 1 is 1.04 bits per heavy atom. The van der Waals surface area contributed by atoms with E-state index in [9.17, 15) is 9.65 Å². The van der Waals surface area contributed by atoms with Gasteiger partial charge in [0, 0.05) is 11.1 Å². The summed E-state index contributed by atoms with van der Waals surface area (Å²) in [5.41, 5.74) is 8.77. The molecule has 0 saturated heterocycles. The first kappa shape index (κ1) is 18.7. The van der Waals surface area contributed by atoms with Crippen LogP contribution in [0.5, 0.6) is 11.5 Å². The largest absolute Gasteiger partial charge is 0.493 e. The highest BCUT2D eigenvalue weighted by atomic mass is 79.9. The Hall–Kier alpha value is -3.11. The quantitative estimate of drug-likeness (QED) is 0.647. The molecule has 0 aliphatic rings. The Morgan fingerprint density at radius 3 is 2.37 bits per heavy atom. The number of halogens is 2. The van der Waals surface area contributed by atoms with Crippen LogP contribution in [0.3, 0.4) is 0 Å². The minimum absolute atomic E-state index is 0.0974. The molecule has 0 bridgehead atoms. The van der Waals surface area contributed by atoms with Gasteiger partial charge in [-0.2, -0.15) is 5.26 Å². The molecule has 2 N–H and O–H groups in total. The molecule has 0 radical (unpaired) electrons. The van der Waals surface area contributed by atoms with Gasteiger partial charge in [-0.05, 0) is 57.9 Å². The van der Waals surface area contributed by atoms with E-state index < -0.39 is 0 Å². The van der Waals surface area contributed by atoms with Crippen LogP contribution in [0, 0.1) is 17.1 Å². The second-order valence-electron chi connectivity index (χ2n) is 5.63. The third kappa shape index (κ3) is 3.57. The van der Waals surface area contributed by atoms with Crippen molar-refractivity contribution in [2.45, 2.75) is 0 Å². The molecule has 0 spiro atoms. The molecule has 136 valence electrons. The number of nitrogens with zero attached hydrogens (tertiary/aromatic N) is 2. The van der Waals surface area contributed by atoms with Gasteiger partial charge in [0.25, 0.3) is 0 Å². The molecule has 0 fully saturated rings. The summed E-state index contributed by atoms with van der Waals surface area (Å²) in [6.07, 6.45) is 0. The van der Waals surface area contributed by atoms with Crippen LogP contribution in [0.2, 0.25) is 0 Å². The van der Waals surface area contributed by atoms with E-state index in [0.717, 1.165) is 5.56 Å². The van der Waals surface area contributed by atoms with Crippen LogP contribution >= 0.6 is 15.9 Å². The van der Waals surface area contributed by atoms with Crippen molar-refractivity contribution in [2.75, 3.05) is 20.0 Å². The predicted molar refractivity (Wildman–Crippen MR) is 105 cm³/mol. The number of hydrogen-bond donors (Lipinski definition) is 1. The SMILES string of the molecule is COc1ccc(-c2cc(-c3ccc(F)c(Br)c3)c(C#N)c(N)n2)cc1OC. The number of anilines is 1. The molecule has 0 aliphatic carbocycles. The summed E-state index contributed by atoms with van der Waals surface area (Å²) < 4.78 is 24.5. The van der Waals surface area contributed by atoms with E-state index in [0.29, 0.717) is 32.8 Å². The molecule has 7 heteroatoms. The number of aromatic nitrogens is 1. The van der Waals surface area contributed by atoms with Gasteiger partial charge in [0.05, 0.1) is 24.4 Å². The van der Waals surface area contributed by atoms with Crippen molar-refractivity contribution < 1.29 is 13.9 Å². The number of pyridine rings is 1. The fourth-order valence-electron chi connectivity index (χ4n) is 2.72. The minimum atomic E-state index is -0.389. The lowest BCUT2D eigenvalue weighted by molar-refractivity contribution is 0.355. The monoisotopic (exact) mass is 427 g/mol. The van der Waals surface area contributed by atoms with Crippen molar-refractivity contribution in [3.63, 3.8) is 0 Å². The van der Waals surface area contributed by atoms with Gasteiger partial charge in [0.15, 0.2) is 11.5 Å². The number of methoxy groups -OCH3 is 2. The predicted octanol–water partition coefficient (Wildman–Crippen LogP) is 4.79. The highest BCUT2D eigenvalue weighted by molar-refractivity contribution is 9.10. The maximum Gasteiger partial charge on any atom is 0.161 e. The van der Waals surface area contributed by atoms with E-state index in [1.54, 1.807) is 44.6 Å². The minimum Gasteiger partial charge on any atom is -0.493 e. The van der Waals surface area contributed by atoms with Crippen molar-refractivity contribution in [3.8, 4) is 40.0 Å². The number of nitrogen functional groups attached to an aromatic ring is 1. The van der Waals surface area contributed by atoms with Gasteiger partial charge in [-0.15, -0.1) is 0 Å². The molecule has 0 saturated carbocycles. The van der Waals surface area contributed by atoms with Crippen molar-refractivity contribution in [3.05, 3.63) is 58.3 Å². The zero-order valence-corrected chi connectivity index (χ0v) is 16.2. The summed E-state index contributed by atoms with van der Waals surface area (Å²) >= 11 is 3.17. The van der Waals surface area contributed by atoms with Gasteiger partial charge in [-0.3, -0.25) is 0 Å². The number of ether oxygens (including phenoxy) is 2. The highest BCUT2D eigenvalue weighted by Gasteiger charge is 2.16. The number of benzene rings is 2. The van der Waals surface area contributed by atoms with Gasteiger partial charge in [-0.1, -0.05) is 6.07 Å². The summed E-state index contributed by atoms with van der Waals surface area (Å²) in [7, 11) is 3.10. The molecule has 3 rings (SSSR count). The van der Waals surface area contributed by atoms with E-state index >= 15 is 0 Å². The fourth-order valence-corrected chi connectivity index (χ4v) is 3.10. The van der Waals surface area contributed by atoms with Crippen molar-refractivity contribution in [2.24, 2.45) is 0 Å². The topological polar surface area (TPSA) is 81.2 Å². The molecule has 27 heavy (non-hydrogen) atoms. The third-order valence-electron chi connectivity index (χ3n) is 4.07. The first-order valence-electron chi connectivity index (χ1n) is 7.87. The Balaban J connectivity index is 2.21.